The lowest BCUT2D eigenvalue weighted by molar-refractivity contribution is -0.925. The van der Waals surface area contributed by atoms with E-state index in [9.17, 15) is 14.4 Å². The average molecular weight is 424 g/mol. The highest BCUT2D eigenvalue weighted by Gasteiger charge is 2.47. The molecule has 0 aromatic heterocycles. The van der Waals surface area contributed by atoms with Gasteiger partial charge in [0.05, 0.1) is 32.9 Å². The van der Waals surface area contributed by atoms with Crippen molar-refractivity contribution in [2.24, 2.45) is 0 Å². The van der Waals surface area contributed by atoms with Crippen LogP contribution in [0.5, 0.6) is 11.5 Å². The molecule has 4 amide bonds. The third-order valence-electron chi connectivity index (χ3n) is 5.98. The Morgan fingerprint density at radius 3 is 2.42 bits per heavy atom. The number of ether oxygens (including phenoxy) is 2. The number of imide groups is 2. The van der Waals surface area contributed by atoms with E-state index in [1.54, 1.807) is 14.2 Å². The normalized spacial score (nSPS) is 21.2. The number of nitrogens with one attached hydrogen (secondary N) is 1. The van der Waals surface area contributed by atoms with Crippen molar-refractivity contribution in [1.29, 1.82) is 0 Å². The molecule has 2 aromatic carbocycles. The lowest BCUT2D eigenvalue weighted by Gasteiger charge is -2.26. The van der Waals surface area contributed by atoms with E-state index < -0.39 is 17.8 Å². The largest absolute Gasteiger partial charge is 0.497 e. The fourth-order valence-electron chi connectivity index (χ4n) is 4.38. The fourth-order valence-corrected chi connectivity index (χ4v) is 4.38. The lowest BCUT2D eigenvalue weighted by Crippen LogP contribution is -3.12. The van der Waals surface area contributed by atoms with Crippen LogP contribution in [0.25, 0.3) is 0 Å². The summed E-state index contributed by atoms with van der Waals surface area (Å²) in [6.45, 7) is 1.03. The molecular formula is C23H26N3O5+. The van der Waals surface area contributed by atoms with Gasteiger partial charge in [-0.3, -0.25) is 14.5 Å². The predicted octanol–water partition coefficient (Wildman–Crippen LogP) is 1.37. The quantitative estimate of drug-likeness (QED) is 0.537. The number of quaternary nitrogens is 1. The van der Waals surface area contributed by atoms with Gasteiger partial charge < -0.3 is 14.4 Å². The first-order valence-electron chi connectivity index (χ1n) is 10.3. The smallest absolute Gasteiger partial charge is 0.339 e. The Kier molecular flexibility index (Phi) is 5.90. The molecule has 0 aliphatic carbocycles. The molecule has 2 aliphatic heterocycles. The molecule has 162 valence electrons. The molecule has 0 spiro atoms. The van der Waals surface area contributed by atoms with E-state index in [0.29, 0.717) is 11.5 Å². The van der Waals surface area contributed by atoms with Crippen molar-refractivity contribution in [1.82, 2.24) is 9.80 Å². The molecule has 1 unspecified atom stereocenters. The van der Waals surface area contributed by atoms with Crippen LogP contribution in [0.1, 0.15) is 30.0 Å². The summed E-state index contributed by atoms with van der Waals surface area (Å²) in [6, 6.07) is 14.4. The summed E-state index contributed by atoms with van der Waals surface area (Å²) in [5.41, 5.74) is 1.80. The van der Waals surface area contributed by atoms with Gasteiger partial charge in [0.15, 0.2) is 6.67 Å². The molecule has 8 heteroatoms. The van der Waals surface area contributed by atoms with Crippen LogP contribution in [0.4, 0.5) is 4.79 Å². The number of benzene rings is 2. The molecule has 2 saturated heterocycles. The number of carbonyl (C=O) groups is 3. The minimum Gasteiger partial charge on any atom is -0.497 e. The first-order chi connectivity index (χ1) is 15.0. The molecule has 2 heterocycles. The summed E-state index contributed by atoms with van der Waals surface area (Å²) < 4.78 is 10.8. The van der Waals surface area contributed by atoms with Gasteiger partial charge in [0, 0.05) is 18.9 Å². The van der Waals surface area contributed by atoms with Crippen LogP contribution >= 0.6 is 0 Å². The van der Waals surface area contributed by atoms with Crippen LogP contribution in [-0.4, -0.2) is 55.1 Å². The zero-order valence-corrected chi connectivity index (χ0v) is 17.7. The Labute approximate surface area is 180 Å². The van der Waals surface area contributed by atoms with Crippen molar-refractivity contribution in [2.75, 3.05) is 27.4 Å². The van der Waals surface area contributed by atoms with E-state index in [0.717, 1.165) is 45.2 Å². The standard InChI is InChI=1S/C23H25N3O5/c1-30-17-10-11-18(20(13-17)31-2)19-9-6-12-24(19)15-26-22(28)21(27)25(23(26)29)14-16-7-4-3-5-8-16/h3-5,7-8,10-11,13,19H,6,9,12,14-15H2,1-2H3/p+1/t19-/m1/s1. The molecule has 0 saturated carbocycles. The summed E-state index contributed by atoms with van der Waals surface area (Å²) in [5.74, 6) is -0.122. The molecule has 31 heavy (non-hydrogen) atoms. The number of rotatable bonds is 7. The van der Waals surface area contributed by atoms with Gasteiger partial charge in [-0.05, 0) is 17.7 Å². The van der Waals surface area contributed by atoms with Gasteiger partial charge in [0.1, 0.15) is 17.5 Å². The highest BCUT2D eigenvalue weighted by Crippen LogP contribution is 2.31. The Morgan fingerprint density at radius 2 is 1.71 bits per heavy atom. The maximum absolute atomic E-state index is 12.9. The number of likely N-dealkylation sites (tertiary alicyclic amines) is 1. The minimum atomic E-state index is -0.772. The number of amides is 4. The Balaban J connectivity index is 1.52. The number of carbonyl (C=O) groups excluding carboxylic acids is 3. The molecule has 2 atom stereocenters. The van der Waals surface area contributed by atoms with Crippen LogP contribution in [-0.2, 0) is 16.1 Å². The summed E-state index contributed by atoms with van der Waals surface area (Å²) >= 11 is 0. The highest BCUT2D eigenvalue weighted by molar-refractivity contribution is 6.44. The van der Waals surface area contributed by atoms with Crippen LogP contribution in [0.2, 0.25) is 0 Å². The van der Waals surface area contributed by atoms with Gasteiger partial charge in [0.25, 0.3) is 0 Å². The van der Waals surface area contributed by atoms with E-state index in [1.165, 1.54) is 0 Å². The Hall–Kier alpha value is -3.39. The van der Waals surface area contributed by atoms with Crippen molar-refractivity contribution < 1.29 is 28.8 Å². The summed E-state index contributed by atoms with van der Waals surface area (Å²) in [6.07, 6.45) is 1.85. The van der Waals surface area contributed by atoms with Crippen LogP contribution in [0.3, 0.4) is 0 Å². The number of hydrogen-bond acceptors (Lipinski definition) is 5. The van der Waals surface area contributed by atoms with Crippen molar-refractivity contribution in [3.63, 3.8) is 0 Å². The highest BCUT2D eigenvalue weighted by atomic mass is 16.5. The number of hydrogen-bond donors (Lipinski definition) is 1. The molecule has 2 fully saturated rings. The van der Waals surface area contributed by atoms with Gasteiger partial charge in [-0.15, -0.1) is 0 Å². The first kappa shape index (κ1) is 20.9. The van der Waals surface area contributed by atoms with Crippen molar-refractivity contribution in [3.8, 4) is 11.5 Å². The zero-order valence-electron chi connectivity index (χ0n) is 17.7. The third-order valence-corrected chi connectivity index (χ3v) is 5.98. The van der Waals surface area contributed by atoms with E-state index in [-0.39, 0.29) is 19.3 Å². The summed E-state index contributed by atoms with van der Waals surface area (Å²) in [7, 11) is 3.21. The molecular weight excluding hydrogens is 398 g/mol. The van der Waals surface area contributed by atoms with Gasteiger partial charge >= 0.3 is 17.8 Å². The molecule has 0 radical (unpaired) electrons. The van der Waals surface area contributed by atoms with Crippen LogP contribution in [0.15, 0.2) is 48.5 Å². The monoisotopic (exact) mass is 424 g/mol. The molecule has 8 nitrogen and oxygen atoms in total. The van der Waals surface area contributed by atoms with E-state index in [2.05, 4.69) is 0 Å². The van der Waals surface area contributed by atoms with Crippen molar-refractivity contribution >= 4 is 17.8 Å². The second-order valence-corrected chi connectivity index (χ2v) is 7.76. The summed E-state index contributed by atoms with van der Waals surface area (Å²) in [4.78, 5) is 41.2. The Bertz CT molecular complexity index is 994. The molecule has 2 aromatic rings. The molecule has 2 aliphatic rings. The second kappa shape index (κ2) is 8.77. The van der Waals surface area contributed by atoms with Gasteiger partial charge in [-0.25, -0.2) is 9.69 Å². The van der Waals surface area contributed by atoms with Crippen molar-refractivity contribution in [3.05, 3.63) is 59.7 Å². The predicted molar refractivity (Wildman–Crippen MR) is 111 cm³/mol. The number of nitrogens with zero attached hydrogens (tertiary/aromatic N) is 2. The third kappa shape index (κ3) is 3.98. The van der Waals surface area contributed by atoms with Gasteiger partial charge in [0.2, 0.25) is 0 Å². The van der Waals surface area contributed by atoms with Gasteiger partial charge in [-0.2, -0.15) is 0 Å². The lowest BCUT2D eigenvalue weighted by atomic mass is 10.0. The van der Waals surface area contributed by atoms with Crippen molar-refractivity contribution in [2.45, 2.75) is 25.4 Å². The topological polar surface area (TPSA) is 80.6 Å². The van der Waals surface area contributed by atoms with E-state index >= 15 is 0 Å². The molecule has 1 N–H and O–H groups in total. The van der Waals surface area contributed by atoms with Crippen LogP contribution in [0, 0.1) is 0 Å². The van der Waals surface area contributed by atoms with E-state index in [1.807, 2.05) is 48.5 Å². The van der Waals surface area contributed by atoms with E-state index in [4.69, 9.17) is 9.47 Å². The average Bonchev–Trinajstić information content (AvgIpc) is 3.34. The van der Waals surface area contributed by atoms with Gasteiger partial charge in [-0.1, -0.05) is 30.3 Å². The fraction of sp³-hybridized carbons (Fsp3) is 0.348. The molecule has 0 bridgehead atoms. The number of urea groups is 1. The second-order valence-electron chi connectivity index (χ2n) is 7.76. The Morgan fingerprint density at radius 1 is 0.968 bits per heavy atom. The van der Waals surface area contributed by atoms with Crippen LogP contribution < -0.4 is 14.4 Å². The first-order valence-corrected chi connectivity index (χ1v) is 10.3. The minimum absolute atomic E-state index is 0.0553. The maximum Gasteiger partial charge on any atom is 0.339 e. The zero-order chi connectivity index (χ0) is 22.0. The number of methoxy groups -OCH3 is 2. The molecule has 4 rings (SSSR count). The summed E-state index contributed by atoms with van der Waals surface area (Å²) in [5, 5.41) is 0. The SMILES string of the molecule is COc1ccc([C@H]2CCC[NH+]2CN2C(=O)C(=O)N(Cc3ccccc3)C2=O)c(OC)c1. The maximum atomic E-state index is 12.9.